The number of carbonyl (C=O) groups is 1. The standard InChI is InChI=1S/C22H29N5O3/c1-22(2,3)30-21(28)27-7-5-16-14-24-19(12-17(16)15-27)25-18-4-6-23-20(13-18)26-8-10-29-11-9-26/h4,6,12-14H,5,7-11,15H2,1-3H3,(H,23,24,25). The van der Waals surface area contributed by atoms with Crippen molar-refractivity contribution in [2.75, 3.05) is 43.1 Å². The van der Waals surface area contributed by atoms with E-state index in [1.807, 2.05) is 45.2 Å². The number of nitrogens with zero attached hydrogens (tertiary/aromatic N) is 4. The van der Waals surface area contributed by atoms with Crippen molar-refractivity contribution < 1.29 is 14.3 Å². The molecule has 0 bridgehead atoms. The van der Waals surface area contributed by atoms with Gasteiger partial charge in [0.2, 0.25) is 0 Å². The number of carbonyl (C=O) groups excluding carboxylic acids is 1. The van der Waals surface area contributed by atoms with Crippen molar-refractivity contribution in [1.82, 2.24) is 14.9 Å². The van der Waals surface area contributed by atoms with Crippen LogP contribution in [0.4, 0.5) is 22.1 Å². The predicted octanol–water partition coefficient (Wildman–Crippen LogP) is 3.35. The topological polar surface area (TPSA) is 79.8 Å². The first kappa shape index (κ1) is 20.4. The third kappa shape index (κ3) is 4.99. The van der Waals surface area contributed by atoms with Crippen LogP contribution in [0.1, 0.15) is 31.9 Å². The number of rotatable bonds is 3. The van der Waals surface area contributed by atoms with Gasteiger partial charge in [0, 0.05) is 50.3 Å². The maximum absolute atomic E-state index is 12.4. The minimum absolute atomic E-state index is 0.274. The first-order valence-electron chi connectivity index (χ1n) is 10.4. The number of ether oxygens (including phenoxy) is 2. The molecule has 30 heavy (non-hydrogen) atoms. The van der Waals surface area contributed by atoms with Crippen molar-refractivity contribution in [2.24, 2.45) is 0 Å². The third-order valence-electron chi connectivity index (χ3n) is 5.10. The summed E-state index contributed by atoms with van der Waals surface area (Å²) in [5.74, 6) is 1.68. The van der Waals surface area contributed by atoms with Gasteiger partial charge in [-0.25, -0.2) is 14.8 Å². The van der Waals surface area contributed by atoms with Crippen LogP contribution in [0.25, 0.3) is 0 Å². The maximum atomic E-state index is 12.4. The Morgan fingerprint density at radius 2 is 1.93 bits per heavy atom. The summed E-state index contributed by atoms with van der Waals surface area (Å²) < 4.78 is 10.9. The fraction of sp³-hybridized carbons (Fsp3) is 0.500. The van der Waals surface area contributed by atoms with E-state index in [1.54, 1.807) is 11.1 Å². The van der Waals surface area contributed by atoms with Crippen LogP contribution < -0.4 is 10.2 Å². The molecule has 0 atom stereocenters. The van der Waals surface area contributed by atoms with Gasteiger partial charge in [-0.2, -0.15) is 0 Å². The highest BCUT2D eigenvalue weighted by molar-refractivity contribution is 5.69. The van der Waals surface area contributed by atoms with Gasteiger partial charge in [0.05, 0.1) is 13.2 Å². The molecule has 2 aliphatic heterocycles. The van der Waals surface area contributed by atoms with Gasteiger partial charge in [-0.05, 0) is 50.5 Å². The SMILES string of the molecule is CC(C)(C)OC(=O)N1CCc2cnc(Nc3ccnc(N4CCOCC4)c3)cc2C1. The van der Waals surface area contributed by atoms with Crippen LogP contribution in [0.5, 0.6) is 0 Å². The third-order valence-corrected chi connectivity index (χ3v) is 5.10. The molecule has 8 heteroatoms. The Bertz CT molecular complexity index is 906. The van der Waals surface area contributed by atoms with E-state index in [1.165, 1.54) is 5.56 Å². The molecular weight excluding hydrogens is 382 g/mol. The van der Waals surface area contributed by atoms with Crippen molar-refractivity contribution in [3.05, 3.63) is 41.7 Å². The van der Waals surface area contributed by atoms with Gasteiger partial charge in [0.15, 0.2) is 0 Å². The highest BCUT2D eigenvalue weighted by atomic mass is 16.6. The zero-order valence-electron chi connectivity index (χ0n) is 17.9. The maximum Gasteiger partial charge on any atom is 0.410 e. The lowest BCUT2D eigenvalue weighted by molar-refractivity contribution is 0.0224. The number of pyridine rings is 2. The van der Waals surface area contributed by atoms with E-state index >= 15 is 0 Å². The van der Waals surface area contributed by atoms with Crippen molar-refractivity contribution in [3.8, 4) is 0 Å². The van der Waals surface area contributed by atoms with Crippen LogP contribution in [0, 0.1) is 0 Å². The molecule has 2 aromatic rings. The molecule has 0 unspecified atom stereocenters. The molecule has 4 heterocycles. The van der Waals surface area contributed by atoms with Gasteiger partial charge in [-0.3, -0.25) is 0 Å². The van der Waals surface area contributed by atoms with Crippen LogP contribution in [-0.2, 0) is 22.4 Å². The minimum atomic E-state index is -0.498. The van der Waals surface area contributed by atoms with Crippen LogP contribution in [0.2, 0.25) is 0 Å². The second-order valence-corrected chi connectivity index (χ2v) is 8.62. The number of fused-ring (bicyclic) bond motifs is 1. The number of hydrogen-bond acceptors (Lipinski definition) is 7. The van der Waals surface area contributed by atoms with Crippen LogP contribution in [0.3, 0.4) is 0 Å². The molecule has 0 aliphatic carbocycles. The summed E-state index contributed by atoms with van der Waals surface area (Å²) in [5.41, 5.74) is 2.69. The summed E-state index contributed by atoms with van der Waals surface area (Å²) in [7, 11) is 0. The monoisotopic (exact) mass is 411 g/mol. The molecule has 8 nitrogen and oxygen atoms in total. The molecule has 4 rings (SSSR count). The molecule has 1 amide bonds. The molecule has 1 saturated heterocycles. The fourth-order valence-electron chi connectivity index (χ4n) is 3.60. The average Bonchev–Trinajstić information content (AvgIpc) is 2.73. The molecule has 1 fully saturated rings. The van der Waals surface area contributed by atoms with Gasteiger partial charge in [0.1, 0.15) is 17.2 Å². The Morgan fingerprint density at radius 3 is 2.70 bits per heavy atom. The fourth-order valence-corrected chi connectivity index (χ4v) is 3.60. The molecule has 2 aromatic heterocycles. The molecule has 2 aliphatic rings. The van der Waals surface area contributed by atoms with E-state index in [0.717, 1.165) is 55.6 Å². The van der Waals surface area contributed by atoms with Gasteiger partial charge in [-0.1, -0.05) is 0 Å². The highest BCUT2D eigenvalue weighted by Gasteiger charge is 2.26. The van der Waals surface area contributed by atoms with Gasteiger partial charge in [-0.15, -0.1) is 0 Å². The van der Waals surface area contributed by atoms with E-state index in [9.17, 15) is 4.79 Å². The second kappa shape index (κ2) is 8.47. The minimum Gasteiger partial charge on any atom is -0.444 e. The summed E-state index contributed by atoms with van der Waals surface area (Å²) in [6.45, 7) is 9.94. The quantitative estimate of drug-likeness (QED) is 0.830. The number of amides is 1. The first-order chi connectivity index (χ1) is 14.4. The van der Waals surface area contributed by atoms with E-state index in [0.29, 0.717) is 13.1 Å². The Morgan fingerprint density at radius 1 is 1.13 bits per heavy atom. The summed E-state index contributed by atoms with van der Waals surface area (Å²) in [6, 6.07) is 5.97. The lowest BCUT2D eigenvalue weighted by atomic mass is 10.0. The Labute approximate surface area is 177 Å². The average molecular weight is 412 g/mol. The van der Waals surface area contributed by atoms with Gasteiger partial charge >= 0.3 is 6.09 Å². The largest absolute Gasteiger partial charge is 0.444 e. The van der Waals surface area contributed by atoms with E-state index < -0.39 is 5.60 Å². The number of morpholine rings is 1. The van der Waals surface area contributed by atoms with E-state index in [-0.39, 0.29) is 6.09 Å². The zero-order chi connectivity index (χ0) is 21.1. The molecular formula is C22H29N5O3. The summed E-state index contributed by atoms with van der Waals surface area (Å²) in [4.78, 5) is 25.4. The van der Waals surface area contributed by atoms with Gasteiger partial charge < -0.3 is 24.6 Å². The molecule has 0 saturated carbocycles. The second-order valence-electron chi connectivity index (χ2n) is 8.62. The number of hydrogen-bond donors (Lipinski definition) is 1. The van der Waals surface area contributed by atoms with Crippen molar-refractivity contribution in [2.45, 2.75) is 39.3 Å². The van der Waals surface area contributed by atoms with Crippen molar-refractivity contribution >= 4 is 23.4 Å². The van der Waals surface area contributed by atoms with E-state index in [4.69, 9.17) is 9.47 Å². The summed E-state index contributed by atoms with van der Waals surface area (Å²) in [6.07, 6.45) is 4.20. The molecule has 0 aromatic carbocycles. The number of nitrogens with one attached hydrogen (secondary N) is 1. The van der Waals surface area contributed by atoms with Crippen molar-refractivity contribution in [1.29, 1.82) is 0 Å². The lowest BCUT2D eigenvalue weighted by Crippen LogP contribution is -2.39. The molecule has 0 radical (unpaired) electrons. The van der Waals surface area contributed by atoms with Crippen LogP contribution >= 0.6 is 0 Å². The summed E-state index contributed by atoms with van der Waals surface area (Å²) >= 11 is 0. The number of aromatic nitrogens is 2. The normalized spacial score (nSPS) is 16.8. The molecule has 1 N–H and O–H groups in total. The van der Waals surface area contributed by atoms with Crippen LogP contribution in [0.15, 0.2) is 30.6 Å². The Hall–Kier alpha value is -2.87. The highest BCUT2D eigenvalue weighted by Crippen LogP contribution is 2.25. The molecule has 160 valence electrons. The number of anilines is 3. The lowest BCUT2D eigenvalue weighted by Gasteiger charge is -2.31. The predicted molar refractivity (Wildman–Crippen MR) is 115 cm³/mol. The van der Waals surface area contributed by atoms with Crippen molar-refractivity contribution in [3.63, 3.8) is 0 Å². The van der Waals surface area contributed by atoms with Crippen LogP contribution in [-0.4, -0.2) is 59.4 Å². The summed E-state index contributed by atoms with van der Waals surface area (Å²) in [5, 5.41) is 3.37. The Kier molecular flexibility index (Phi) is 5.76. The first-order valence-corrected chi connectivity index (χ1v) is 10.4. The Balaban J connectivity index is 1.46. The van der Waals surface area contributed by atoms with E-state index in [2.05, 4.69) is 20.2 Å². The molecule has 0 spiro atoms. The smallest absolute Gasteiger partial charge is 0.410 e. The van der Waals surface area contributed by atoms with Gasteiger partial charge in [0.25, 0.3) is 0 Å². The zero-order valence-corrected chi connectivity index (χ0v) is 17.9.